The molecule has 2 aromatic rings. The van der Waals surface area contributed by atoms with Crippen LogP contribution < -0.4 is 11.3 Å². The zero-order chi connectivity index (χ0) is 16.4. The van der Waals surface area contributed by atoms with Gasteiger partial charge in [0, 0.05) is 42.5 Å². The van der Waals surface area contributed by atoms with Crippen LogP contribution in [0.15, 0.2) is 24.4 Å². The zero-order valence-electron chi connectivity index (χ0n) is 13.3. The van der Waals surface area contributed by atoms with E-state index in [1.165, 1.54) is 11.6 Å². The van der Waals surface area contributed by atoms with Crippen LogP contribution in [0.25, 0.3) is 10.9 Å². The van der Waals surface area contributed by atoms with E-state index >= 15 is 0 Å². The van der Waals surface area contributed by atoms with E-state index in [2.05, 4.69) is 22.2 Å². The number of nitrogens with two attached hydrogens (primary N) is 1. The highest BCUT2D eigenvalue weighted by atomic mass is 19.1. The number of hydrogen-bond donors (Lipinski definition) is 3. The quantitative estimate of drug-likeness (QED) is 0.449. The highest BCUT2D eigenvalue weighted by molar-refractivity contribution is 5.83. The predicted molar refractivity (Wildman–Crippen MR) is 88.2 cm³/mol. The Morgan fingerprint density at radius 2 is 2.30 bits per heavy atom. The van der Waals surface area contributed by atoms with Crippen molar-refractivity contribution < 1.29 is 9.18 Å². The topological polar surface area (TPSA) is 74.2 Å². The Hall–Kier alpha value is -1.92. The van der Waals surface area contributed by atoms with E-state index in [-0.39, 0.29) is 11.7 Å². The number of aromatic nitrogens is 1. The largest absolute Gasteiger partial charge is 0.361 e. The van der Waals surface area contributed by atoms with Gasteiger partial charge in [-0.25, -0.2) is 10.2 Å². The van der Waals surface area contributed by atoms with Crippen molar-refractivity contribution in [1.82, 2.24) is 15.3 Å². The SMILES string of the molecule is CC1CN(CCCC(=O)NN)CC1c1c[nH]c2cc(F)ccc12. The number of nitrogens with one attached hydrogen (secondary N) is 2. The van der Waals surface area contributed by atoms with E-state index in [1.807, 2.05) is 12.3 Å². The molecule has 1 saturated heterocycles. The van der Waals surface area contributed by atoms with Gasteiger partial charge in [-0.05, 0) is 42.6 Å². The van der Waals surface area contributed by atoms with Crippen LogP contribution in [-0.4, -0.2) is 35.4 Å². The van der Waals surface area contributed by atoms with Gasteiger partial charge in [0.1, 0.15) is 5.82 Å². The first-order chi connectivity index (χ1) is 11.1. The molecular formula is C17H23FN4O. The molecule has 2 unspecified atom stereocenters. The minimum Gasteiger partial charge on any atom is -0.361 e. The van der Waals surface area contributed by atoms with E-state index < -0.39 is 0 Å². The molecule has 1 amide bonds. The Labute approximate surface area is 135 Å². The van der Waals surface area contributed by atoms with Crippen LogP contribution in [0.2, 0.25) is 0 Å². The van der Waals surface area contributed by atoms with Crippen molar-refractivity contribution in [3.8, 4) is 0 Å². The summed E-state index contributed by atoms with van der Waals surface area (Å²) in [6.45, 7) is 5.13. The molecule has 0 spiro atoms. The molecule has 1 aliphatic heterocycles. The maximum absolute atomic E-state index is 13.3. The van der Waals surface area contributed by atoms with Crippen molar-refractivity contribution in [2.45, 2.75) is 25.7 Å². The molecule has 124 valence electrons. The molecule has 1 fully saturated rings. The van der Waals surface area contributed by atoms with Crippen LogP contribution in [0, 0.1) is 11.7 Å². The van der Waals surface area contributed by atoms with Gasteiger partial charge >= 0.3 is 0 Å². The monoisotopic (exact) mass is 318 g/mol. The van der Waals surface area contributed by atoms with Crippen molar-refractivity contribution in [3.63, 3.8) is 0 Å². The normalized spacial score (nSPS) is 21.9. The summed E-state index contributed by atoms with van der Waals surface area (Å²) in [5.41, 5.74) is 4.27. The lowest BCUT2D eigenvalue weighted by atomic mass is 9.90. The average molecular weight is 318 g/mol. The number of nitrogens with zero attached hydrogens (tertiary/aromatic N) is 1. The number of benzene rings is 1. The summed E-state index contributed by atoms with van der Waals surface area (Å²) >= 11 is 0. The molecule has 0 bridgehead atoms. The molecular weight excluding hydrogens is 295 g/mol. The highest BCUT2D eigenvalue weighted by Crippen LogP contribution is 2.36. The van der Waals surface area contributed by atoms with Gasteiger partial charge in [-0.3, -0.25) is 10.2 Å². The number of amides is 1. The highest BCUT2D eigenvalue weighted by Gasteiger charge is 2.31. The van der Waals surface area contributed by atoms with Crippen LogP contribution in [-0.2, 0) is 4.79 Å². The lowest BCUT2D eigenvalue weighted by Crippen LogP contribution is -2.31. The molecule has 4 N–H and O–H groups in total. The summed E-state index contributed by atoms with van der Waals surface area (Å²) in [5, 5.41) is 1.10. The third-order valence-corrected chi connectivity index (χ3v) is 4.80. The lowest BCUT2D eigenvalue weighted by molar-refractivity contribution is -0.121. The fourth-order valence-electron chi connectivity index (χ4n) is 3.62. The molecule has 2 heterocycles. The molecule has 1 aromatic heterocycles. The maximum atomic E-state index is 13.3. The van der Waals surface area contributed by atoms with Crippen molar-refractivity contribution in [2.24, 2.45) is 11.8 Å². The first-order valence-electron chi connectivity index (χ1n) is 8.07. The zero-order valence-corrected chi connectivity index (χ0v) is 13.3. The van der Waals surface area contributed by atoms with Crippen molar-refractivity contribution >= 4 is 16.8 Å². The molecule has 6 heteroatoms. The first-order valence-corrected chi connectivity index (χ1v) is 8.07. The molecule has 5 nitrogen and oxygen atoms in total. The molecule has 1 aliphatic rings. The number of likely N-dealkylation sites (tertiary alicyclic amines) is 1. The van der Waals surface area contributed by atoms with Crippen LogP contribution in [0.5, 0.6) is 0 Å². The number of halogens is 1. The average Bonchev–Trinajstić information content (AvgIpc) is 3.09. The Morgan fingerprint density at radius 1 is 1.48 bits per heavy atom. The van der Waals surface area contributed by atoms with E-state index in [4.69, 9.17) is 5.84 Å². The minimum absolute atomic E-state index is 0.118. The maximum Gasteiger partial charge on any atom is 0.233 e. The second-order valence-electron chi connectivity index (χ2n) is 6.45. The van der Waals surface area contributed by atoms with Gasteiger partial charge in [0.25, 0.3) is 0 Å². The number of carbonyl (C=O) groups is 1. The molecule has 1 aromatic carbocycles. The summed E-state index contributed by atoms with van der Waals surface area (Å²) in [5.74, 6) is 5.72. The third kappa shape index (κ3) is 3.38. The van der Waals surface area contributed by atoms with E-state index in [0.29, 0.717) is 18.3 Å². The van der Waals surface area contributed by atoms with Gasteiger partial charge in [0.05, 0.1) is 0 Å². The number of hydrazine groups is 1. The Kier molecular flexibility index (Phi) is 4.63. The summed E-state index contributed by atoms with van der Waals surface area (Å²) in [6, 6.07) is 4.92. The van der Waals surface area contributed by atoms with E-state index in [9.17, 15) is 9.18 Å². The second-order valence-corrected chi connectivity index (χ2v) is 6.45. The first kappa shape index (κ1) is 16.0. The summed E-state index contributed by atoms with van der Waals surface area (Å²) in [4.78, 5) is 16.8. The fraction of sp³-hybridized carbons (Fsp3) is 0.471. The smallest absolute Gasteiger partial charge is 0.233 e. The van der Waals surface area contributed by atoms with Gasteiger partial charge in [-0.15, -0.1) is 0 Å². The predicted octanol–water partition coefficient (Wildman–Crippen LogP) is 2.11. The standard InChI is InChI=1S/C17H23FN4O/c1-11-9-22(6-2-3-17(23)21-19)10-15(11)14-8-20-16-7-12(18)4-5-13(14)16/h4-5,7-8,11,15,20H,2-3,6,9-10,19H2,1H3,(H,21,23). The van der Waals surface area contributed by atoms with E-state index in [1.54, 1.807) is 6.07 Å². The van der Waals surface area contributed by atoms with Crippen LogP contribution in [0.1, 0.15) is 31.2 Å². The van der Waals surface area contributed by atoms with E-state index in [0.717, 1.165) is 37.0 Å². The second kappa shape index (κ2) is 6.68. The van der Waals surface area contributed by atoms with Gasteiger partial charge in [-0.2, -0.15) is 0 Å². The van der Waals surface area contributed by atoms with Gasteiger partial charge in [0.2, 0.25) is 5.91 Å². The fourth-order valence-corrected chi connectivity index (χ4v) is 3.62. The van der Waals surface area contributed by atoms with Crippen LogP contribution in [0.3, 0.4) is 0 Å². The van der Waals surface area contributed by atoms with Crippen LogP contribution >= 0.6 is 0 Å². The van der Waals surface area contributed by atoms with Gasteiger partial charge < -0.3 is 9.88 Å². The van der Waals surface area contributed by atoms with Crippen LogP contribution in [0.4, 0.5) is 4.39 Å². The number of rotatable bonds is 5. The Bertz CT molecular complexity index is 699. The molecule has 23 heavy (non-hydrogen) atoms. The number of aromatic amines is 1. The molecule has 0 radical (unpaired) electrons. The summed E-state index contributed by atoms with van der Waals surface area (Å²) in [7, 11) is 0. The third-order valence-electron chi connectivity index (χ3n) is 4.80. The van der Waals surface area contributed by atoms with Gasteiger partial charge in [-0.1, -0.05) is 6.92 Å². The summed E-state index contributed by atoms with van der Waals surface area (Å²) in [6.07, 6.45) is 3.27. The number of carbonyl (C=O) groups excluding carboxylic acids is 1. The number of H-pyrrole nitrogens is 1. The molecule has 2 atom stereocenters. The van der Waals surface area contributed by atoms with Crippen molar-refractivity contribution in [1.29, 1.82) is 0 Å². The van der Waals surface area contributed by atoms with Crippen molar-refractivity contribution in [3.05, 3.63) is 35.8 Å². The summed E-state index contributed by atoms with van der Waals surface area (Å²) < 4.78 is 13.3. The number of hydrogen-bond acceptors (Lipinski definition) is 3. The molecule has 0 aliphatic carbocycles. The van der Waals surface area contributed by atoms with Crippen molar-refractivity contribution in [2.75, 3.05) is 19.6 Å². The Balaban J connectivity index is 1.67. The Morgan fingerprint density at radius 3 is 3.09 bits per heavy atom. The minimum atomic E-state index is -0.217. The molecule has 0 saturated carbocycles. The van der Waals surface area contributed by atoms with Gasteiger partial charge in [0.15, 0.2) is 0 Å². The number of fused-ring (bicyclic) bond motifs is 1. The molecule has 3 rings (SSSR count). The lowest BCUT2D eigenvalue weighted by Gasteiger charge is -2.15.